The molecule has 150 valence electrons. The molecule has 10 heteroatoms. The molecule has 1 aliphatic heterocycles. The molecule has 0 aliphatic carbocycles. The topological polar surface area (TPSA) is 101 Å². The highest BCUT2D eigenvalue weighted by Gasteiger charge is 2.29. The van der Waals surface area contributed by atoms with Crippen LogP contribution in [0.4, 0.5) is 15.8 Å². The molecule has 2 amide bonds. The van der Waals surface area contributed by atoms with Crippen molar-refractivity contribution in [1.82, 2.24) is 8.87 Å². The van der Waals surface area contributed by atoms with Gasteiger partial charge in [-0.1, -0.05) is 0 Å². The number of carbonyl (C=O) groups excluding carboxylic acids is 2. The largest absolute Gasteiger partial charge is 0.345 e. The van der Waals surface area contributed by atoms with Crippen LogP contribution >= 0.6 is 0 Å². The van der Waals surface area contributed by atoms with E-state index in [1.165, 1.54) is 40.2 Å². The van der Waals surface area contributed by atoms with Gasteiger partial charge in [-0.3, -0.25) is 9.59 Å². The summed E-state index contributed by atoms with van der Waals surface area (Å²) in [5.41, 5.74) is 0.345. The molecule has 1 aromatic heterocycles. The summed E-state index contributed by atoms with van der Waals surface area (Å²) in [7, 11) is -2.06. The molecule has 1 fully saturated rings. The third-order valence-corrected chi connectivity index (χ3v) is 6.31. The predicted molar refractivity (Wildman–Crippen MR) is 102 cm³/mol. The summed E-state index contributed by atoms with van der Waals surface area (Å²) in [6.45, 7) is 2.19. The number of carbonyl (C=O) groups is 2. The molecular formula is C18H21FN4O4S. The predicted octanol–water partition coefficient (Wildman–Crippen LogP) is 2.16. The average Bonchev–Trinajstić information content (AvgIpc) is 3.27. The Morgan fingerprint density at radius 1 is 1.11 bits per heavy atom. The van der Waals surface area contributed by atoms with Crippen molar-refractivity contribution in [3.05, 3.63) is 42.0 Å². The maximum atomic E-state index is 13.7. The second kappa shape index (κ2) is 7.72. The lowest BCUT2D eigenvalue weighted by Gasteiger charge is -2.13. The van der Waals surface area contributed by atoms with Gasteiger partial charge in [0.2, 0.25) is 15.9 Å². The van der Waals surface area contributed by atoms with Gasteiger partial charge < -0.3 is 15.2 Å². The zero-order chi connectivity index (χ0) is 20.5. The molecule has 0 spiro atoms. The molecular weight excluding hydrogens is 387 g/mol. The second-order valence-corrected chi connectivity index (χ2v) is 8.55. The van der Waals surface area contributed by atoms with Crippen LogP contribution in [0.1, 0.15) is 30.3 Å². The number of aromatic nitrogens is 1. The average molecular weight is 408 g/mol. The van der Waals surface area contributed by atoms with Crippen molar-refractivity contribution >= 4 is 33.2 Å². The molecule has 1 aromatic carbocycles. The van der Waals surface area contributed by atoms with Gasteiger partial charge in [0.15, 0.2) is 0 Å². The number of nitrogens with one attached hydrogen (secondary N) is 2. The van der Waals surface area contributed by atoms with Crippen LogP contribution in [0.25, 0.3) is 0 Å². The lowest BCUT2D eigenvalue weighted by Crippen LogP contribution is -2.27. The van der Waals surface area contributed by atoms with Gasteiger partial charge in [-0.25, -0.2) is 12.8 Å². The van der Waals surface area contributed by atoms with Gasteiger partial charge in [0.05, 0.1) is 5.69 Å². The van der Waals surface area contributed by atoms with Gasteiger partial charge in [0, 0.05) is 38.9 Å². The van der Waals surface area contributed by atoms with Crippen LogP contribution in [-0.2, 0) is 21.9 Å². The third-order valence-electron chi connectivity index (χ3n) is 4.45. The lowest BCUT2D eigenvalue weighted by molar-refractivity contribution is -0.114. The van der Waals surface area contributed by atoms with Gasteiger partial charge in [0.1, 0.15) is 16.4 Å². The summed E-state index contributed by atoms with van der Waals surface area (Å²) in [6, 6.07) is 5.08. The first kappa shape index (κ1) is 20.0. The molecule has 3 rings (SSSR count). The van der Waals surface area contributed by atoms with E-state index in [0.29, 0.717) is 13.1 Å². The molecule has 28 heavy (non-hydrogen) atoms. The van der Waals surface area contributed by atoms with Gasteiger partial charge in [-0.05, 0) is 37.1 Å². The number of anilines is 2. The molecule has 0 bridgehead atoms. The van der Waals surface area contributed by atoms with Gasteiger partial charge >= 0.3 is 0 Å². The second-order valence-electron chi connectivity index (χ2n) is 6.61. The molecule has 0 saturated carbocycles. The Balaban J connectivity index is 1.82. The van der Waals surface area contributed by atoms with Crippen LogP contribution in [0.5, 0.6) is 0 Å². The summed E-state index contributed by atoms with van der Waals surface area (Å²) >= 11 is 0. The van der Waals surface area contributed by atoms with E-state index in [0.717, 1.165) is 18.9 Å². The minimum atomic E-state index is -3.64. The van der Waals surface area contributed by atoms with Crippen molar-refractivity contribution in [1.29, 1.82) is 0 Å². The summed E-state index contributed by atoms with van der Waals surface area (Å²) in [4.78, 5) is 23.8. The first-order valence-electron chi connectivity index (χ1n) is 8.73. The molecule has 2 heterocycles. The van der Waals surface area contributed by atoms with Crippen molar-refractivity contribution in [2.75, 3.05) is 23.7 Å². The lowest BCUT2D eigenvalue weighted by atomic mass is 10.2. The van der Waals surface area contributed by atoms with Crippen LogP contribution in [0, 0.1) is 5.82 Å². The summed E-state index contributed by atoms with van der Waals surface area (Å²) < 4.78 is 41.9. The summed E-state index contributed by atoms with van der Waals surface area (Å²) in [6.07, 6.45) is 3.04. The van der Waals surface area contributed by atoms with Gasteiger partial charge in [0.25, 0.3) is 5.91 Å². The Kier molecular flexibility index (Phi) is 5.52. The molecule has 0 unspecified atom stereocenters. The Morgan fingerprint density at radius 3 is 2.43 bits per heavy atom. The Hall–Kier alpha value is -2.72. The third kappa shape index (κ3) is 4.07. The number of sulfonamides is 1. The van der Waals surface area contributed by atoms with E-state index < -0.39 is 27.7 Å². The summed E-state index contributed by atoms with van der Waals surface area (Å²) in [5, 5.41) is 4.93. The number of halogens is 1. The van der Waals surface area contributed by atoms with E-state index in [9.17, 15) is 22.4 Å². The number of amides is 2. The van der Waals surface area contributed by atoms with Crippen LogP contribution in [-0.4, -0.2) is 42.2 Å². The van der Waals surface area contributed by atoms with Gasteiger partial charge in [-0.15, -0.1) is 0 Å². The molecule has 0 radical (unpaired) electrons. The Bertz CT molecular complexity index is 1030. The van der Waals surface area contributed by atoms with Gasteiger partial charge in [-0.2, -0.15) is 4.31 Å². The summed E-state index contributed by atoms with van der Waals surface area (Å²) in [5.74, 6) is -1.63. The Labute approximate surface area is 162 Å². The monoisotopic (exact) mass is 408 g/mol. The number of rotatable bonds is 5. The smallest absolute Gasteiger partial charge is 0.272 e. The fourth-order valence-electron chi connectivity index (χ4n) is 3.06. The number of hydrogen-bond donors (Lipinski definition) is 2. The van der Waals surface area contributed by atoms with E-state index in [4.69, 9.17) is 0 Å². The molecule has 0 atom stereocenters. The first-order chi connectivity index (χ1) is 13.2. The normalized spacial score (nSPS) is 14.8. The van der Waals surface area contributed by atoms with Crippen LogP contribution in [0.3, 0.4) is 0 Å². The maximum Gasteiger partial charge on any atom is 0.272 e. The minimum absolute atomic E-state index is 0.0556. The van der Waals surface area contributed by atoms with E-state index in [1.807, 2.05) is 0 Å². The fourth-order valence-corrected chi connectivity index (χ4v) is 4.65. The molecule has 1 aliphatic rings. The number of hydrogen-bond acceptors (Lipinski definition) is 4. The van der Waals surface area contributed by atoms with Crippen LogP contribution in [0.15, 0.2) is 35.4 Å². The van der Waals surface area contributed by atoms with E-state index in [1.54, 1.807) is 7.05 Å². The van der Waals surface area contributed by atoms with Crippen molar-refractivity contribution in [3.8, 4) is 0 Å². The van der Waals surface area contributed by atoms with Crippen molar-refractivity contribution in [2.45, 2.75) is 24.7 Å². The highest BCUT2D eigenvalue weighted by molar-refractivity contribution is 7.89. The Morgan fingerprint density at radius 2 is 1.79 bits per heavy atom. The molecule has 2 N–H and O–H groups in total. The van der Waals surface area contributed by atoms with Crippen LogP contribution in [0.2, 0.25) is 0 Å². The molecule has 1 saturated heterocycles. The zero-order valence-electron chi connectivity index (χ0n) is 15.5. The van der Waals surface area contributed by atoms with Crippen molar-refractivity contribution in [2.24, 2.45) is 7.05 Å². The highest BCUT2D eigenvalue weighted by atomic mass is 32.2. The first-order valence-corrected chi connectivity index (χ1v) is 10.2. The highest BCUT2D eigenvalue weighted by Crippen LogP contribution is 2.24. The van der Waals surface area contributed by atoms with E-state index in [2.05, 4.69) is 10.6 Å². The SMILES string of the molecule is CC(=O)Nc1cc(NC(=O)c2cc(S(=O)(=O)N3CCCC3)cn2C)ccc1F. The van der Waals surface area contributed by atoms with Crippen molar-refractivity contribution < 1.29 is 22.4 Å². The van der Waals surface area contributed by atoms with Crippen LogP contribution < -0.4 is 10.6 Å². The number of benzene rings is 1. The maximum absolute atomic E-state index is 13.7. The number of nitrogens with zero attached hydrogens (tertiary/aromatic N) is 2. The van der Waals surface area contributed by atoms with Crippen molar-refractivity contribution in [3.63, 3.8) is 0 Å². The fraction of sp³-hybridized carbons (Fsp3) is 0.333. The number of aryl methyl sites for hydroxylation is 1. The molecule has 8 nitrogen and oxygen atoms in total. The quantitative estimate of drug-likeness (QED) is 0.792. The zero-order valence-corrected chi connectivity index (χ0v) is 16.3. The van der Waals surface area contributed by atoms with E-state index in [-0.39, 0.29) is 22.0 Å². The molecule has 2 aromatic rings. The minimum Gasteiger partial charge on any atom is -0.345 e. The van der Waals surface area contributed by atoms with E-state index >= 15 is 0 Å². The standard InChI is InChI=1S/C18H21FN4O4S/c1-12(24)20-16-9-13(5-6-15(16)19)21-18(25)17-10-14(11-22(17)2)28(26,27)23-7-3-4-8-23/h5-6,9-11H,3-4,7-8H2,1-2H3,(H,20,24)(H,21,25).